The van der Waals surface area contributed by atoms with Crippen LogP contribution in [-0.2, 0) is 9.47 Å². The minimum atomic E-state index is -0.427. The third kappa shape index (κ3) is 5.74. The Hall–Kier alpha value is -3.64. The molecule has 0 radical (unpaired) electrons. The van der Waals surface area contributed by atoms with Crippen LogP contribution in [0.4, 0.5) is 23.5 Å². The van der Waals surface area contributed by atoms with Crippen molar-refractivity contribution >= 4 is 35.8 Å². The van der Waals surface area contributed by atoms with E-state index in [0.29, 0.717) is 70.5 Å². The molecule has 2 fully saturated rings. The minimum Gasteiger partial charge on any atom is -0.378 e. The summed E-state index contributed by atoms with van der Waals surface area (Å²) < 4.78 is 10.8. The van der Waals surface area contributed by atoms with Gasteiger partial charge in [-0.2, -0.15) is 20.1 Å². The summed E-state index contributed by atoms with van der Waals surface area (Å²) in [5.41, 5.74) is 3.75. The Morgan fingerprint density at radius 2 is 1.50 bits per heavy atom. The van der Waals surface area contributed by atoms with Crippen LogP contribution in [-0.4, -0.2) is 78.7 Å². The molecule has 1 aromatic carbocycles. The summed E-state index contributed by atoms with van der Waals surface area (Å²) in [7, 11) is 0. The van der Waals surface area contributed by atoms with Crippen LogP contribution in [0.1, 0.15) is 5.56 Å². The van der Waals surface area contributed by atoms with Crippen molar-refractivity contribution in [1.82, 2.24) is 15.0 Å². The maximum Gasteiger partial charge on any atom is 0.269 e. The number of allylic oxidation sites excluding steroid dienone is 1. The molecular formula is C20H24N8O4. The summed E-state index contributed by atoms with van der Waals surface area (Å²) in [5.74, 6) is 1.52. The number of non-ortho nitro benzene ring substituents is 1. The summed E-state index contributed by atoms with van der Waals surface area (Å²) >= 11 is 0. The van der Waals surface area contributed by atoms with Crippen molar-refractivity contribution in [2.75, 3.05) is 67.8 Å². The highest BCUT2D eigenvalue weighted by molar-refractivity contribution is 5.78. The molecule has 0 amide bonds. The zero-order chi connectivity index (χ0) is 22.2. The van der Waals surface area contributed by atoms with Crippen LogP contribution >= 0.6 is 0 Å². The van der Waals surface area contributed by atoms with Crippen LogP contribution in [0.5, 0.6) is 0 Å². The number of nitrogens with one attached hydrogen (secondary N) is 1. The second-order valence-electron chi connectivity index (χ2n) is 7.06. The lowest BCUT2D eigenvalue weighted by atomic mass is 10.2. The minimum absolute atomic E-state index is 0.0551. The van der Waals surface area contributed by atoms with Gasteiger partial charge in [-0.3, -0.25) is 10.1 Å². The van der Waals surface area contributed by atoms with Gasteiger partial charge in [-0.05, 0) is 23.8 Å². The van der Waals surface area contributed by atoms with Gasteiger partial charge >= 0.3 is 0 Å². The number of aromatic nitrogens is 3. The van der Waals surface area contributed by atoms with Crippen molar-refractivity contribution in [3.8, 4) is 0 Å². The summed E-state index contributed by atoms with van der Waals surface area (Å²) in [6.07, 6.45) is 5.08. The maximum absolute atomic E-state index is 10.7. The Morgan fingerprint density at radius 1 is 0.938 bits per heavy atom. The molecule has 1 aromatic heterocycles. The molecule has 12 heteroatoms. The van der Waals surface area contributed by atoms with Gasteiger partial charge in [-0.25, -0.2) is 5.43 Å². The lowest BCUT2D eigenvalue weighted by Crippen LogP contribution is -2.40. The number of hydrogen-bond acceptors (Lipinski definition) is 11. The van der Waals surface area contributed by atoms with Crippen molar-refractivity contribution in [3.05, 3.63) is 46.0 Å². The van der Waals surface area contributed by atoms with Crippen molar-refractivity contribution in [2.24, 2.45) is 5.10 Å². The predicted octanol–water partition coefficient (Wildman–Crippen LogP) is 1.56. The predicted molar refractivity (Wildman–Crippen MR) is 120 cm³/mol. The van der Waals surface area contributed by atoms with Crippen molar-refractivity contribution in [1.29, 1.82) is 0 Å². The van der Waals surface area contributed by atoms with Crippen LogP contribution < -0.4 is 15.2 Å². The number of anilines is 3. The number of rotatable bonds is 7. The number of nitro groups is 1. The highest BCUT2D eigenvalue weighted by Gasteiger charge is 2.20. The fourth-order valence-electron chi connectivity index (χ4n) is 3.21. The van der Waals surface area contributed by atoms with Crippen LogP contribution in [0.25, 0.3) is 6.08 Å². The van der Waals surface area contributed by atoms with Crippen LogP contribution in [0.15, 0.2) is 35.4 Å². The largest absolute Gasteiger partial charge is 0.378 e. The lowest BCUT2D eigenvalue weighted by Gasteiger charge is -2.30. The molecule has 0 aliphatic carbocycles. The van der Waals surface area contributed by atoms with Gasteiger partial charge in [0.15, 0.2) is 0 Å². The van der Waals surface area contributed by atoms with E-state index in [2.05, 4.69) is 35.3 Å². The first kappa shape index (κ1) is 21.6. The monoisotopic (exact) mass is 440 g/mol. The molecule has 0 unspecified atom stereocenters. The zero-order valence-electron chi connectivity index (χ0n) is 17.5. The van der Waals surface area contributed by atoms with E-state index in [9.17, 15) is 10.1 Å². The Kier molecular flexibility index (Phi) is 7.15. The highest BCUT2D eigenvalue weighted by atomic mass is 16.6. The number of nitro benzene ring substituents is 1. The first-order valence-corrected chi connectivity index (χ1v) is 10.3. The Morgan fingerprint density at radius 3 is 2.03 bits per heavy atom. The third-order valence-corrected chi connectivity index (χ3v) is 4.92. The van der Waals surface area contributed by atoms with E-state index in [1.807, 2.05) is 0 Å². The fraction of sp³-hybridized carbons (Fsp3) is 0.400. The average Bonchev–Trinajstić information content (AvgIpc) is 2.85. The molecule has 32 heavy (non-hydrogen) atoms. The lowest BCUT2D eigenvalue weighted by molar-refractivity contribution is -0.384. The molecule has 0 bridgehead atoms. The first-order chi connectivity index (χ1) is 15.7. The molecular weight excluding hydrogens is 416 g/mol. The van der Waals surface area contributed by atoms with E-state index in [0.717, 1.165) is 5.56 Å². The molecule has 2 aromatic rings. The number of hydrogen-bond donors (Lipinski definition) is 1. The van der Waals surface area contributed by atoms with Gasteiger partial charge in [0.05, 0.1) is 31.4 Å². The van der Waals surface area contributed by atoms with E-state index < -0.39 is 4.92 Å². The van der Waals surface area contributed by atoms with Gasteiger partial charge in [0.25, 0.3) is 5.69 Å². The van der Waals surface area contributed by atoms with E-state index in [4.69, 9.17) is 9.47 Å². The maximum atomic E-state index is 10.7. The van der Waals surface area contributed by atoms with Crippen LogP contribution in [0.2, 0.25) is 0 Å². The van der Waals surface area contributed by atoms with Gasteiger partial charge in [-0.1, -0.05) is 6.08 Å². The van der Waals surface area contributed by atoms with Crippen LogP contribution in [0.3, 0.4) is 0 Å². The van der Waals surface area contributed by atoms with Gasteiger partial charge in [0.2, 0.25) is 17.8 Å². The van der Waals surface area contributed by atoms with Gasteiger partial charge in [0, 0.05) is 44.5 Å². The first-order valence-electron chi connectivity index (χ1n) is 10.3. The molecule has 1 N–H and O–H groups in total. The van der Waals surface area contributed by atoms with Gasteiger partial charge < -0.3 is 19.3 Å². The molecule has 12 nitrogen and oxygen atoms in total. The quantitative estimate of drug-likeness (QED) is 0.384. The number of ether oxygens (including phenoxy) is 2. The number of morpholine rings is 2. The van der Waals surface area contributed by atoms with E-state index in [-0.39, 0.29) is 5.69 Å². The van der Waals surface area contributed by atoms with Gasteiger partial charge in [0.1, 0.15) is 0 Å². The summed E-state index contributed by atoms with van der Waals surface area (Å²) in [6.45, 7) is 5.39. The smallest absolute Gasteiger partial charge is 0.269 e. The zero-order valence-corrected chi connectivity index (χ0v) is 17.5. The molecule has 3 heterocycles. The molecule has 0 saturated carbocycles. The average molecular weight is 440 g/mol. The van der Waals surface area contributed by atoms with E-state index in [1.165, 1.54) is 12.1 Å². The SMILES string of the molecule is O=[N+]([O-])c1ccc(C=CC=NNc2nc(N3CCOCC3)nc(N3CCOCC3)n2)cc1. The second-order valence-corrected chi connectivity index (χ2v) is 7.06. The number of nitrogens with zero attached hydrogens (tertiary/aromatic N) is 7. The molecule has 0 atom stereocenters. The number of benzene rings is 1. The molecule has 0 spiro atoms. The van der Waals surface area contributed by atoms with Crippen LogP contribution in [0, 0.1) is 10.1 Å². The molecule has 168 valence electrons. The fourth-order valence-corrected chi connectivity index (χ4v) is 3.21. The number of hydrazone groups is 1. The molecule has 4 rings (SSSR count). The molecule has 2 aliphatic heterocycles. The van der Waals surface area contributed by atoms with Crippen molar-refractivity contribution < 1.29 is 14.4 Å². The van der Waals surface area contributed by atoms with Crippen molar-refractivity contribution in [2.45, 2.75) is 0 Å². The summed E-state index contributed by atoms with van der Waals surface area (Å²) in [4.78, 5) is 28.1. The Labute approximate surface area is 184 Å². The van der Waals surface area contributed by atoms with E-state index in [1.54, 1.807) is 30.5 Å². The molecule has 2 saturated heterocycles. The normalized spacial score (nSPS) is 17.2. The van der Waals surface area contributed by atoms with Crippen molar-refractivity contribution in [3.63, 3.8) is 0 Å². The van der Waals surface area contributed by atoms with E-state index >= 15 is 0 Å². The summed E-state index contributed by atoms with van der Waals surface area (Å²) in [5, 5.41) is 14.9. The second kappa shape index (κ2) is 10.6. The standard InChI is InChI=1S/C20H24N8O4/c29-28(30)17-5-3-16(4-6-17)2-1-7-21-25-18-22-19(26-8-12-31-13-9-26)24-20(23-18)27-10-14-32-15-11-27/h1-7H,8-15H2,(H,22,23,24,25). The van der Waals surface area contributed by atoms with Gasteiger partial charge in [-0.15, -0.1) is 0 Å². The highest BCUT2D eigenvalue weighted by Crippen LogP contribution is 2.18. The Balaban J connectivity index is 1.44. The summed E-state index contributed by atoms with van der Waals surface area (Å²) in [6, 6.07) is 6.26. The topological polar surface area (TPSA) is 131 Å². The Bertz CT molecular complexity index is 934. The molecule has 2 aliphatic rings. The third-order valence-electron chi connectivity index (χ3n) is 4.92.